The number of anilines is 1. The van der Waals surface area contributed by atoms with Crippen molar-refractivity contribution in [2.75, 3.05) is 25.6 Å². The molecule has 2 aromatic rings. The molecule has 6 nitrogen and oxygen atoms in total. The molecule has 0 saturated carbocycles. The largest absolute Gasteiger partial charge is 0.495 e. The molecule has 0 aromatic heterocycles. The van der Waals surface area contributed by atoms with Crippen LogP contribution < -0.4 is 19.5 Å². The Balaban J connectivity index is 1.89. The fraction of sp³-hybridized carbons (Fsp3) is 0.158. The highest BCUT2D eigenvalue weighted by Crippen LogP contribution is 2.35. The molecule has 126 valence electrons. The van der Waals surface area contributed by atoms with Crippen molar-refractivity contribution in [3.05, 3.63) is 53.6 Å². The molecule has 1 amide bonds. The van der Waals surface area contributed by atoms with Gasteiger partial charge >= 0.3 is 0 Å². The molecule has 6 heteroatoms. The van der Waals surface area contributed by atoms with Crippen molar-refractivity contribution in [3.8, 4) is 23.3 Å². The van der Waals surface area contributed by atoms with E-state index in [2.05, 4.69) is 5.32 Å². The van der Waals surface area contributed by atoms with Gasteiger partial charge in [0.15, 0.2) is 11.5 Å². The number of hydrogen-bond acceptors (Lipinski definition) is 5. The maximum absolute atomic E-state index is 12.5. The minimum absolute atomic E-state index is 0.0477. The molecule has 1 heterocycles. The molecule has 3 rings (SSSR count). The summed E-state index contributed by atoms with van der Waals surface area (Å²) in [5.74, 6) is 1.12. The molecule has 1 aliphatic heterocycles. The number of amides is 1. The van der Waals surface area contributed by atoms with Crippen LogP contribution >= 0.6 is 0 Å². The molecule has 0 spiro atoms. The Morgan fingerprint density at radius 2 is 2.00 bits per heavy atom. The Labute approximate surface area is 145 Å². The molecule has 0 aliphatic carbocycles. The summed E-state index contributed by atoms with van der Waals surface area (Å²) in [7, 11) is 1.51. The lowest BCUT2D eigenvalue weighted by Crippen LogP contribution is -2.16. The lowest BCUT2D eigenvalue weighted by atomic mass is 10.1. The maximum atomic E-state index is 12.5. The smallest absolute Gasteiger partial charge is 0.266 e. The summed E-state index contributed by atoms with van der Waals surface area (Å²) in [5.41, 5.74) is 1.06. The molecule has 0 fully saturated rings. The van der Waals surface area contributed by atoms with Gasteiger partial charge in [-0.25, -0.2) is 0 Å². The number of nitrogens with one attached hydrogen (secondary N) is 1. The van der Waals surface area contributed by atoms with E-state index in [1.807, 2.05) is 6.07 Å². The Morgan fingerprint density at radius 1 is 1.20 bits per heavy atom. The number of hydrogen-bond donors (Lipinski definition) is 1. The van der Waals surface area contributed by atoms with Gasteiger partial charge < -0.3 is 19.5 Å². The Morgan fingerprint density at radius 3 is 2.80 bits per heavy atom. The van der Waals surface area contributed by atoms with Crippen LogP contribution in [0.1, 0.15) is 5.56 Å². The second-order valence-electron chi connectivity index (χ2n) is 5.20. The second-order valence-corrected chi connectivity index (χ2v) is 5.20. The van der Waals surface area contributed by atoms with Crippen molar-refractivity contribution in [3.63, 3.8) is 0 Å². The van der Waals surface area contributed by atoms with Crippen LogP contribution in [-0.4, -0.2) is 26.2 Å². The van der Waals surface area contributed by atoms with Crippen LogP contribution in [0, 0.1) is 11.3 Å². The highest BCUT2D eigenvalue weighted by Gasteiger charge is 2.17. The first-order valence-corrected chi connectivity index (χ1v) is 7.67. The lowest BCUT2D eigenvalue weighted by Gasteiger charge is -2.19. The average Bonchev–Trinajstić information content (AvgIpc) is 2.66. The van der Waals surface area contributed by atoms with Crippen LogP contribution in [0.3, 0.4) is 0 Å². The van der Waals surface area contributed by atoms with Gasteiger partial charge in [-0.3, -0.25) is 4.79 Å². The van der Waals surface area contributed by atoms with Crippen molar-refractivity contribution in [2.45, 2.75) is 0 Å². The zero-order chi connectivity index (χ0) is 17.6. The number of nitriles is 1. The van der Waals surface area contributed by atoms with Gasteiger partial charge in [0, 0.05) is 5.56 Å². The van der Waals surface area contributed by atoms with Gasteiger partial charge in [0.1, 0.15) is 30.6 Å². The van der Waals surface area contributed by atoms with Crippen molar-refractivity contribution in [1.82, 2.24) is 0 Å². The van der Waals surface area contributed by atoms with Gasteiger partial charge in [0.25, 0.3) is 5.91 Å². The van der Waals surface area contributed by atoms with E-state index in [1.165, 1.54) is 13.2 Å². The number of carbonyl (C=O) groups excluding carboxylic acids is 1. The van der Waals surface area contributed by atoms with Gasteiger partial charge in [0.2, 0.25) is 0 Å². The minimum Gasteiger partial charge on any atom is -0.495 e. The molecular weight excluding hydrogens is 320 g/mol. The molecule has 2 aromatic carbocycles. The Hall–Kier alpha value is -3.46. The summed E-state index contributed by atoms with van der Waals surface area (Å²) < 4.78 is 16.3. The number of rotatable bonds is 4. The Kier molecular flexibility index (Phi) is 4.86. The molecule has 0 bridgehead atoms. The molecule has 1 aliphatic rings. The number of ether oxygens (including phenoxy) is 3. The molecular formula is C19H16N2O4. The van der Waals surface area contributed by atoms with Crippen molar-refractivity contribution in [1.29, 1.82) is 5.26 Å². The fourth-order valence-corrected chi connectivity index (χ4v) is 2.45. The fourth-order valence-electron chi connectivity index (χ4n) is 2.45. The van der Waals surface area contributed by atoms with Crippen LogP contribution in [0.2, 0.25) is 0 Å². The zero-order valence-corrected chi connectivity index (χ0v) is 13.6. The summed E-state index contributed by atoms with van der Waals surface area (Å²) in [6.45, 7) is 0.896. The summed E-state index contributed by atoms with van der Waals surface area (Å²) in [6, 6.07) is 14.3. The van der Waals surface area contributed by atoms with Crippen LogP contribution in [0.5, 0.6) is 17.2 Å². The lowest BCUT2D eigenvalue weighted by molar-refractivity contribution is -0.112. The second kappa shape index (κ2) is 7.41. The van der Waals surface area contributed by atoms with E-state index >= 15 is 0 Å². The third-order valence-electron chi connectivity index (χ3n) is 3.62. The van der Waals surface area contributed by atoms with Crippen LogP contribution in [-0.2, 0) is 4.79 Å². The van der Waals surface area contributed by atoms with Gasteiger partial charge in [-0.1, -0.05) is 24.3 Å². The molecule has 0 saturated heterocycles. The molecule has 0 radical (unpaired) electrons. The summed E-state index contributed by atoms with van der Waals surface area (Å²) >= 11 is 0. The third-order valence-corrected chi connectivity index (χ3v) is 3.62. The first-order chi connectivity index (χ1) is 12.2. The SMILES string of the molecule is COc1ccccc1NC(=O)/C(C#N)=C\c1cccc2c1OCCO2. The number of carbonyl (C=O) groups is 1. The molecule has 0 atom stereocenters. The topological polar surface area (TPSA) is 80.6 Å². The van der Waals surface area contributed by atoms with E-state index in [0.717, 1.165) is 0 Å². The monoisotopic (exact) mass is 336 g/mol. The number of para-hydroxylation sites is 3. The number of methoxy groups -OCH3 is 1. The third kappa shape index (κ3) is 3.56. The average molecular weight is 336 g/mol. The Bertz CT molecular complexity index is 868. The van der Waals surface area contributed by atoms with Gasteiger partial charge in [0.05, 0.1) is 12.8 Å². The van der Waals surface area contributed by atoms with E-state index in [4.69, 9.17) is 14.2 Å². The van der Waals surface area contributed by atoms with Crippen molar-refractivity contribution >= 4 is 17.7 Å². The van der Waals surface area contributed by atoms with E-state index in [1.54, 1.807) is 42.5 Å². The summed E-state index contributed by atoms with van der Waals surface area (Å²) in [6.07, 6.45) is 1.48. The highest BCUT2D eigenvalue weighted by atomic mass is 16.6. The normalized spacial score (nSPS) is 12.9. The number of nitrogens with zero attached hydrogens (tertiary/aromatic N) is 1. The van der Waals surface area contributed by atoms with Gasteiger partial charge in [-0.05, 0) is 24.3 Å². The number of fused-ring (bicyclic) bond motifs is 1. The molecule has 25 heavy (non-hydrogen) atoms. The molecule has 0 unspecified atom stereocenters. The molecule has 1 N–H and O–H groups in total. The first-order valence-electron chi connectivity index (χ1n) is 7.67. The van der Waals surface area contributed by atoms with Crippen molar-refractivity contribution < 1.29 is 19.0 Å². The van der Waals surface area contributed by atoms with E-state index < -0.39 is 5.91 Å². The maximum Gasteiger partial charge on any atom is 0.266 e. The minimum atomic E-state index is -0.527. The summed E-state index contributed by atoms with van der Waals surface area (Å²) in [5, 5.41) is 12.1. The predicted molar refractivity (Wildman–Crippen MR) is 92.6 cm³/mol. The quantitative estimate of drug-likeness (QED) is 0.686. The van der Waals surface area contributed by atoms with Crippen LogP contribution in [0.25, 0.3) is 6.08 Å². The van der Waals surface area contributed by atoms with E-state index in [0.29, 0.717) is 41.7 Å². The van der Waals surface area contributed by atoms with Gasteiger partial charge in [-0.15, -0.1) is 0 Å². The predicted octanol–water partition coefficient (Wildman–Crippen LogP) is 3.01. The van der Waals surface area contributed by atoms with Crippen molar-refractivity contribution in [2.24, 2.45) is 0 Å². The van der Waals surface area contributed by atoms with Crippen LogP contribution in [0.15, 0.2) is 48.0 Å². The zero-order valence-electron chi connectivity index (χ0n) is 13.6. The standard InChI is InChI=1S/C19H16N2O4/c1-23-16-7-3-2-6-15(16)21-19(22)14(12-20)11-13-5-4-8-17-18(13)25-10-9-24-17/h2-8,11H,9-10H2,1H3,(H,21,22)/b14-11-. The first kappa shape index (κ1) is 16.4. The highest BCUT2D eigenvalue weighted by molar-refractivity contribution is 6.10. The summed E-state index contributed by atoms with van der Waals surface area (Å²) in [4.78, 5) is 12.5. The van der Waals surface area contributed by atoms with Gasteiger partial charge in [-0.2, -0.15) is 5.26 Å². The van der Waals surface area contributed by atoms with E-state index in [-0.39, 0.29) is 5.57 Å². The number of benzene rings is 2. The van der Waals surface area contributed by atoms with E-state index in [9.17, 15) is 10.1 Å². The van der Waals surface area contributed by atoms with Crippen LogP contribution in [0.4, 0.5) is 5.69 Å².